The van der Waals surface area contributed by atoms with E-state index in [1.54, 1.807) is 0 Å². The summed E-state index contributed by atoms with van der Waals surface area (Å²) in [6.45, 7) is 6.26. The second kappa shape index (κ2) is 5.28. The quantitative estimate of drug-likeness (QED) is 0.762. The highest BCUT2D eigenvalue weighted by Crippen LogP contribution is 2.55. The molecule has 3 rings (SSSR count). The lowest BCUT2D eigenvalue weighted by Crippen LogP contribution is -2.18. The van der Waals surface area contributed by atoms with Gasteiger partial charge in [-0.25, -0.2) is 0 Å². The van der Waals surface area contributed by atoms with Crippen molar-refractivity contribution in [2.75, 3.05) is 13.2 Å². The van der Waals surface area contributed by atoms with Gasteiger partial charge in [0, 0.05) is 5.56 Å². The fraction of sp³-hybridized carbons (Fsp3) is 0.600. The molecule has 0 spiro atoms. The molecule has 0 saturated carbocycles. The lowest BCUT2D eigenvalue weighted by molar-refractivity contribution is -0.0433. The van der Waals surface area contributed by atoms with Gasteiger partial charge in [0.05, 0.1) is 13.2 Å². The average molecular weight is 264 g/mol. The minimum Gasteiger partial charge on any atom is -0.346 e. The Morgan fingerprint density at radius 2 is 1.61 bits per heavy atom. The molecule has 1 aromatic carbocycles. The lowest BCUT2D eigenvalue weighted by atomic mass is 10.2. The van der Waals surface area contributed by atoms with E-state index in [1.807, 2.05) is 0 Å². The van der Waals surface area contributed by atoms with E-state index < -0.39 is 0 Å². The van der Waals surface area contributed by atoms with Crippen molar-refractivity contribution >= 4 is 13.2 Å². The summed E-state index contributed by atoms with van der Waals surface area (Å²) in [4.78, 5) is 0. The van der Waals surface area contributed by atoms with Crippen LogP contribution in [0, 0.1) is 0 Å². The smallest absolute Gasteiger partial charge is 0.184 e. The van der Waals surface area contributed by atoms with Crippen molar-refractivity contribution in [3.8, 4) is 0 Å². The Bertz CT molecular complexity index is 405. The number of hydrogen-bond donors (Lipinski definition) is 0. The van der Waals surface area contributed by atoms with Gasteiger partial charge in [-0.2, -0.15) is 0 Å². The van der Waals surface area contributed by atoms with Crippen LogP contribution in [-0.2, 0) is 9.47 Å². The zero-order valence-electron chi connectivity index (χ0n) is 11.1. The molecule has 0 aliphatic carbocycles. The van der Waals surface area contributed by atoms with Gasteiger partial charge in [0.2, 0.25) is 0 Å². The van der Waals surface area contributed by atoms with Gasteiger partial charge in [-0.3, -0.25) is 0 Å². The van der Waals surface area contributed by atoms with E-state index in [2.05, 4.69) is 38.1 Å². The van der Waals surface area contributed by atoms with Crippen molar-refractivity contribution in [1.82, 2.24) is 0 Å². The Morgan fingerprint density at radius 3 is 2.28 bits per heavy atom. The first-order chi connectivity index (χ1) is 8.77. The predicted octanol–water partition coefficient (Wildman–Crippen LogP) is 3.41. The van der Waals surface area contributed by atoms with Crippen LogP contribution in [0.3, 0.4) is 0 Å². The minimum absolute atomic E-state index is 0.0596. The summed E-state index contributed by atoms with van der Waals surface area (Å²) >= 11 is 0. The van der Waals surface area contributed by atoms with Crippen molar-refractivity contribution in [2.45, 2.75) is 44.3 Å². The Morgan fingerprint density at radius 1 is 1.00 bits per heavy atom. The van der Waals surface area contributed by atoms with Crippen LogP contribution in [0.1, 0.15) is 38.5 Å². The SMILES string of the molecule is CC1CCC(C)P1c1ccccc1C1OCCO1. The van der Waals surface area contributed by atoms with E-state index in [4.69, 9.17) is 9.47 Å². The van der Waals surface area contributed by atoms with Gasteiger partial charge in [0.15, 0.2) is 6.29 Å². The summed E-state index contributed by atoms with van der Waals surface area (Å²) in [7, 11) is -0.0596. The summed E-state index contributed by atoms with van der Waals surface area (Å²) < 4.78 is 11.4. The van der Waals surface area contributed by atoms with Crippen LogP contribution in [0.25, 0.3) is 0 Å². The maximum absolute atomic E-state index is 5.70. The van der Waals surface area contributed by atoms with Crippen molar-refractivity contribution in [3.63, 3.8) is 0 Å². The number of rotatable bonds is 2. The first-order valence-electron chi connectivity index (χ1n) is 6.88. The molecule has 0 N–H and O–H groups in total. The molecule has 0 aromatic heterocycles. The second-order valence-electron chi connectivity index (χ2n) is 5.31. The molecule has 18 heavy (non-hydrogen) atoms. The molecule has 2 fully saturated rings. The summed E-state index contributed by atoms with van der Waals surface area (Å²) in [5, 5.41) is 1.51. The third-order valence-electron chi connectivity index (χ3n) is 4.04. The van der Waals surface area contributed by atoms with Crippen LogP contribution in [0.4, 0.5) is 0 Å². The van der Waals surface area contributed by atoms with Crippen LogP contribution in [0.2, 0.25) is 0 Å². The molecule has 2 heterocycles. The maximum Gasteiger partial charge on any atom is 0.184 e. The Hall–Kier alpha value is -0.430. The van der Waals surface area contributed by atoms with Gasteiger partial charge in [0.1, 0.15) is 0 Å². The zero-order chi connectivity index (χ0) is 12.5. The minimum atomic E-state index is -0.122. The predicted molar refractivity (Wildman–Crippen MR) is 75.8 cm³/mol. The lowest BCUT2D eigenvalue weighted by Gasteiger charge is -2.25. The van der Waals surface area contributed by atoms with Crippen LogP contribution in [0.5, 0.6) is 0 Å². The highest BCUT2D eigenvalue weighted by atomic mass is 31.1. The normalized spacial score (nSPS) is 33.1. The average Bonchev–Trinajstić information content (AvgIpc) is 3.00. The summed E-state index contributed by atoms with van der Waals surface area (Å²) in [5.41, 5.74) is 2.94. The molecule has 1 aromatic rings. The molecule has 2 unspecified atom stereocenters. The van der Waals surface area contributed by atoms with Gasteiger partial charge in [0.25, 0.3) is 0 Å². The molecular formula is C15H21O2P. The largest absolute Gasteiger partial charge is 0.346 e. The molecule has 2 aliphatic rings. The van der Waals surface area contributed by atoms with Crippen molar-refractivity contribution < 1.29 is 9.47 Å². The number of hydrogen-bond acceptors (Lipinski definition) is 2. The number of benzene rings is 1. The van der Waals surface area contributed by atoms with Crippen molar-refractivity contribution in [1.29, 1.82) is 0 Å². The molecule has 2 atom stereocenters. The Labute approximate surface area is 110 Å². The fourth-order valence-electron chi connectivity index (χ4n) is 3.13. The van der Waals surface area contributed by atoms with E-state index >= 15 is 0 Å². The molecule has 2 aliphatic heterocycles. The molecule has 2 saturated heterocycles. The van der Waals surface area contributed by atoms with Crippen LogP contribution >= 0.6 is 7.92 Å². The third-order valence-corrected chi connectivity index (χ3v) is 7.42. The first-order valence-corrected chi connectivity index (χ1v) is 8.36. The van der Waals surface area contributed by atoms with Gasteiger partial charge >= 0.3 is 0 Å². The van der Waals surface area contributed by atoms with E-state index in [0.29, 0.717) is 0 Å². The molecule has 98 valence electrons. The summed E-state index contributed by atoms with van der Waals surface area (Å²) in [5.74, 6) is 0. The highest BCUT2D eigenvalue weighted by molar-refractivity contribution is 7.67. The topological polar surface area (TPSA) is 18.5 Å². The fourth-order valence-corrected chi connectivity index (χ4v) is 6.54. The Kier molecular flexibility index (Phi) is 3.70. The second-order valence-corrected chi connectivity index (χ2v) is 8.37. The van der Waals surface area contributed by atoms with E-state index in [-0.39, 0.29) is 14.2 Å². The summed E-state index contributed by atoms with van der Waals surface area (Å²) in [6.07, 6.45) is 2.62. The van der Waals surface area contributed by atoms with Crippen LogP contribution < -0.4 is 5.30 Å². The van der Waals surface area contributed by atoms with Crippen LogP contribution in [0.15, 0.2) is 24.3 Å². The maximum atomic E-state index is 5.70. The van der Waals surface area contributed by atoms with Gasteiger partial charge in [-0.1, -0.05) is 46.0 Å². The third kappa shape index (κ3) is 2.22. The molecular weight excluding hydrogens is 243 g/mol. The molecule has 2 nitrogen and oxygen atoms in total. The van der Waals surface area contributed by atoms with Crippen LogP contribution in [-0.4, -0.2) is 24.5 Å². The van der Waals surface area contributed by atoms with E-state index in [9.17, 15) is 0 Å². The number of ether oxygens (including phenoxy) is 2. The standard InChI is InChI=1S/C15H21O2P/c1-11-7-8-12(2)18(11)14-6-4-3-5-13(14)15-16-9-10-17-15/h3-6,11-12,15H,7-10H2,1-2H3. The molecule has 0 radical (unpaired) electrons. The Balaban J connectivity index is 1.95. The first kappa shape index (κ1) is 12.6. The highest BCUT2D eigenvalue weighted by Gasteiger charge is 2.34. The monoisotopic (exact) mass is 264 g/mol. The molecule has 0 bridgehead atoms. The molecule has 3 heteroatoms. The molecule has 0 amide bonds. The van der Waals surface area contributed by atoms with E-state index in [1.165, 1.54) is 23.7 Å². The van der Waals surface area contributed by atoms with E-state index in [0.717, 1.165) is 24.5 Å². The van der Waals surface area contributed by atoms with Crippen molar-refractivity contribution in [3.05, 3.63) is 29.8 Å². The summed E-state index contributed by atoms with van der Waals surface area (Å²) in [6, 6.07) is 8.74. The van der Waals surface area contributed by atoms with Crippen molar-refractivity contribution in [2.24, 2.45) is 0 Å². The van der Waals surface area contributed by atoms with Gasteiger partial charge in [-0.15, -0.1) is 0 Å². The zero-order valence-corrected chi connectivity index (χ0v) is 12.0. The van der Waals surface area contributed by atoms with Gasteiger partial charge < -0.3 is 9.47 Å². The van der Waals surface area contributed by atoms with Gasteiger partial charge in [-0.05, 0) is 29.5 Å².